The second-order valence-corrected chi connectivity index (χ2v) is 13.0. The minimum Gasteiger partial charge on any atom is -0.497 e. The minimum atomic E-state index is -3.65. The van der Waals surface area contributed by atoms with Crippen molar-refractivity contribution in [3.8, 4) is 5.75 Å². The van der Waals surface area contributed by atoms with Gasteiger partial charge in [-0.2, -0.15) is 4.31 Å². The maximum atomic E-state index is 13.8. The molecule has 2 aromatic carbocycles. The van der Waals surface area contributed by atoms with E-state index in [1.165, 1.54) is 17.5 Å². The van der Waals surface area contributed by atoms with Crippen molar-refractivity contribution in [2.24, 2.45) is 11.8 Å². The van der Waals surface area contributed by atoms with Gasteiger partial charge in [0.05, 0.1) is 18.6 Å². The molecule has 1 amide bonds. The van der Waals surface area contributed by atoms with E-state index < -0.39 is 10.0 Å². The Morgan fingerprint density at radius 3 is 2.48 bits per heavy atom. The molecule has 2 unspecified atom stereocenters. The van der Waals surface area contributed by atoms with Crippen molar-refractivity contribution >= 4 is 15.9 Å². The number of rotatable bonds is 12. The van der Waals surface area contributed by atoms with E-state index in [9.17, 15) is 17.6 Å². The fourth-order valence-electron chi connectivity index (χ4n) is 6.16. The largest absolute Gasteiger partial charge is 0.497 e. The van der Waals surface area contributed by atoms with Crippen LogP contribution >= 0.6 is 0 Å². The Balaban J connectivity index is 1.19. The monoisotopic (exact) mass is 575 g/mol. The number of nitrogens with one attached hydrogen (secondary N) is 1. The van der Waals surface area contributed by atoms with Gasteiger partial charge in [0.2, 0.25) is 15.9 Å². The predicted molar refractivity (Wildman–Crippen MR) is 152 cm³/mol. The molecule has 220 valence electrons. The second kappa shape index (κ2) is 13.9. The number of methoxy groups -OCH3 is 1. The molecule has 0 bridgehead atoms. The fraction of sp³-hybridized carbons (Fsp3) is 0.567. The Morgan fingerprint density at radius 2 is 1.82 bits per heavy atom. The summed E-state index contributed by atoms with van der Waals surface area (Å²) >= 11 is 0. The molecule has 10 heteroatoms. The average molecular weight is 576 g/mol. The van der Waals surface area contributed by atoms with Gasteiger partial charge in [-0.15, -0.1) is 0 Å². The van der Waals surface area contributed by atoms with E-state index in [1.807, 2.05) is 20.2 Å². The molecular formula is C30H42FN3O5S. The summed E-state index contributed by atoms with van der Waals surface area (Å²) in [7, 11) is 1.97. The van der Waals surface area contributed by atoms with Gasteiger partial charge in [0, 0.05) is 25.2 Å². The van der Waals surface area contributed by atoms with Gasteiger partial charge >= 0.3 is 0 Å². The molecule has 1 saturated heterocycles. The quantitative estimate of drug-likeness (QED) is 0.408. The first-order valence-corrected chi connectivity index (χ1v) is 15.5. The number of hydrogen-bond acceptors (Lipinski definition) is 6. The molecule has 1 aliphatic heterocycles. The highest BCUT2D eigenvalue weighted by Crippen LogP contribution is 2.39. The van der Waals surface area contributed by atoms with Crippen LogP contribution in [0.2, 0.25) is 0 Å². The van der Waals surface area contributed by atoms with Crippen molar-refractivity contribution in [1.29, 1.82) is 0 Å². The Morgan fingerprint density at radius 1 is 1.10 bits per heavy atom. The number of sulfonamides is 1. The molecule has 2 atom stereocenters. The van der Waals surface area contributed by atoms with E-state index in [4.69, 9.17) is 9.47 Å². The van der Waals surface area contributed by atoms with Crippen molar-refractivity contribution in [3.63, 3.8) is 0 Å². The third kappa shape index (κ3) is 7.60. The van der Waals surface area contributed by atoms with Gasteiger partial charge in [0.1, 0.15) is 18.2 Å². The van der Waals surface area contributed by atoms with Gasteiger partial charge in [-0.1, -0.05) is 12.1 Å². The van der Waals surface area contributed by atoms with Crippen molar-refractivity contribution in [2.45, 2.75) is 55.5 Å². The number of carbonyl (C=O) groups excluding carboxylic acids is 1. The van der Waals surface area contributed by atoms with Crippen LogP contribution in [0.4, 0.5) is 4.39 Å². The summed E-state index contributed by atoms with van der Waals surface area (Å²) < 4.78 is 52.4. The van der Waals surface area contributed by atoms with E-state index in [0.29, 0.717) is 37.1 Å². The lowest BCUT2D eigenvalue weighted by Crippen LogP contribution is -2.39. The Hall–Kier alpha value is -2.53. The fourth-order valence-corrected chi connectivity index (χ4v) is 7.84. The first kappa shape index (κ1) is 30.4. The molecule has 1 heterocycles. The van der Waals surface area contributed by atoms with E-state index >= 15 is 0 Å². The molecule has 2 fully saturated rings. The molecule has 2 aromatic rings. The van der Waals surface area contributed by atoms with Crippen LogP contribution in [-0.2, 0) is 19.6 Å². The van der Waals surface area contributed by atoms with Crippen LogP contribution in [0.1, 0.15) is 50.1 Å². The third-order valence-electron chi connectivity index (χ3n) is 8.20. The van der Waals surface area contributed by atoms with Gasteiger partial charge < -0.3 is 19.7 Å². The first-order valence-electron chi connectivity index (χ1n) is 14.1. The topological polar surface area (TPSA) is 88.2 Å². The summed E-state index contributed by atoms with van der Waals surface area (Å²) in [6.45, 7) is 1.12. The van der Waals surface area contributed by atoms with Crippen LogP contribution in [0.25, 0.3) is 0 Å². The maximum absolute atomic E-state index is 13.8. The van der Waals surface area contributed by atoms with E-state index in [-0.39, 0.29) is 41.9 Å². The number of benzene rings is 2. The van der Waals surface area contributed by atoms with Crippen molar-refractivity contribution in [3.05, 3.63) is 59.9 Å². The van der Waals surface area contributed by atoms with Crippen molar-refractivity contribution < 1.29 is 27.1 Å². The molecule has 2 aliphatic rings. The zero-order valence-electron chi connectivity index (χ0n) is 23.7. The normalized spacial score (nSPS) is 22.8. The van der Waals surface area contributed by atoms with Gasteiger partial charge in [-0.05, 0) is 106 Å². The van der Waals surface area contributed by atoms with Crippen molar-refractivity contribution in [1.82, 2.24) is 14.5 Å². The van der Waals surface area contributed by atoms with Crippen LogP contribution in [0.3, 0.4) is 0 Å². The molecule has 1 saturated carbocycles. The van der Waals surface area contributed by atoms with E-state index in [0.717, 1.165) is 37.7 Å². The molecule has 40 heavy (non-hydrogen) atoms. The number of carbonyl (C=O) groups is 1. The van der Waals surface area contributed by atoms with Crippen LogP contribution in [-0.4, -0.2) is 77.1 Å². The summed E-state index contributed by atoms with van der Waals surface area (Å²) in [6.07, 6.45) is 5.51. The molecule has 1 aliphatic carbocycles. The van der Waals surface area contributed by atoms with Gasteiger partial charge in [0.15, 0.2) is 0 Å². The smallest absolute Gasteiger partial charge is 0.246 e. The second-order valence-electron chi connectivity index (χ2n) is 11.2. The maximum Gasteiger partial charge on any atom is 0.246 e. The Bertz CT molecular complexity index is 1220. The SMILES string of the molecule is COc1ccc(S(=O)(=O)N2CCCC2COCC(=O)NCC2CCC(C(c3cccc(F)c3)N(C)C)CC2)cc1. The summed E-state index contributed by atoms with van der Waals surface area (Å²) in [4.78, 5) is 14.9. The number of hydrogen-bond donors (Lipinski definition) is 1. The number of halogens is 1. The van der Waals surface area contributed by atoms with Gasteiger partial charge in [-0.3, -0.25) is 4.79 Å². The lowest BCUT2D eigenvalue weighted by molar-refractivity contribution is -0.126. The summed E-state index contributed by atoms with van der Waals surface area (Å²) in [5.41, 5.74) is 1.01. The molecule has 0 radical (unpaired) electrons. The van der Waals surface area contributed by atoms with Gasteiger partial charge in [-0.25, -0.2) is 12.8 Å². The highest BCUT2D eigenvalue weighted by molar-refractivity contribution is 7.89. The molecule has 8 nitrogen and oxygen atoms in total. The summed E-state index contributed by atoms with van der Waals surface area (Å²) in [5, 5.41) is 2.99. The van der Waals surface area contributed by atoms with Crippen LogP contribution in [0, 0.1) is 17.7 Å². The molecule has 0 spiro atoms. The molecule has 4 rings (SSSR count). The third-order valence-corrected chi connectivity index (χ3v) is 10.2. The number of nitrogens with zero attached hydrogens (tertiary/aromatic N) is 2. The average Bonchev–Trinajstić information content (AvgIpc) is 3.42. The molecular weight excluding hydrogens is 533 g/mol. The number of ether oxygens (including phenoxy) is 2. The number of amides is 1. The first-order chi connectivity index (χ1) is 19.2. The minimum absolute atomic E-state index is 0.0927. The Kier molecular flexibility index (Phi) is 10.6. The standard InChI is InChI=1S/C30H42FN3O5S/c1-33(2)30(24-6-4-7-25(31)18-24)23-11-9-22(10-12-23)19-32-29(35)21-39-20-26-8-5-17-34(26)40(36,37)28-15-13-27(38-3)14-16-28/h4,6-7,13-16,18,22-23,26,30H,5,8-12,17,19-21H2,1-3H3,(H,32,35). The summed E-state index contributed by atoms with van der Waals surface area (Å²) in [5.74, 6) is 1.05. The lowest BCUT2D eigenvalue weighted by atomic mass is 9.76. The van der Waals surface area contributed by atoms with Crippen LogP contribution in [0.5, 0.6) is 5.75 Å². The lowest BCUT2D eigenvalue weighted by Gasteiger charge is -2.37. The molecule has 0 aromatic heterocycles. The van der Waals surface area contributed by atoms with Crippen LogP contribution < -0.4 is 10.1 Å². The zero-order valence-corrected chi connectivity index (χ0v) is 24.5. The van der Waals surface area contributed by atoms with Gasteiger partial charge in [0.25, 0.3) is 0 Å². The Labute approximate surface area is 237 Å². The van der Waals surface area contributed by atoms with E-state index in [1.54, 1.807) is 36.4 Å². The summed E-state index contributed by atoms with van der Waals surface area (Å²) in [6, 6.07) is 13.1. The highest BCUT2D eigenvalue weighted by atomic mass is 32.2. The molecule has 1 N–H and O–H groups in total. The van der Waals surface area contributed by atoms with Crippen LogP contribution in [0.15, 0.2) is 53.4 Å². The predicted octanol–water partition coefficient (Wildman–Crippen LogP) is 4.23. The van der Waals surface area contributed by atoms with Crippen molar-refractivity contribution in [2.75, 3.05) is 47.5 Å². The zero-order chi connectivity index (χ0) is 28.7. The highest BCUT2D eigenvalue weighted by Gasteiger charge is 2.35. The van der Waals surface area contributed by atoms with E-state index in [2.05, 4.69) is 10.2 Å².